The Hall–Kier alpha value is -1.59. The summed E-state index contributed by atoms with van der Waals surface area (Å²) in [7, 11) is 0. The van der Waals surface area contributed by atoms with Crippen LogP contribution in [0.15, 0.2) is 0 Å². The van der Waals surface area contributed by atoms with Gasteiger partial charge in [0, 0.05) is 0 Å². The summed E-state index contributed by atoms with van der Waals surface area (Å²) >= 11 is 0. The third kappa shape index (κ3) is 18.2. The van der Waals surface area contributed by atoms with E-state index in [4.69, 9.17) is 14.2 Å². The lowest BCUT2D eigenvalue weighted by atomic mass is 9.72. The first-order valence-electron chi connectivity index (χ1n) is 18.1. The number of rotatable bonds is 27. The molecule has 0 saturated heterocycles. The SMILES string of the molecule is CCCCCCCCCOC(=O)C1CCCC(C(=O)OCCCCCCCCC)C1C(=O)OCCCCCCCCC. The van der Waals surface area contributed by atoms with E-state index in [2.05, 4.69) is 20.8 Å². The molecule has 1 saturated carbocycles. The average Bonchev–Trinajstić information content (AvgIpc) is 3.00. The summed E-state index contributed by atoms with van der Waals surface area (Å²) in [5.74, 6) is -3.24. The Bertz CT molecular complexity index is 638. The second-order valence-corrected chi connectivity index (χ2v) is 12.5. The summed E-state index contributed by atoms with van der Waals surface area (Å²) in [5, 5.41) is 0. The van der Waals surface area contributed by atoms with E-state index in [-0.39, 0.29) is 11.9 Å². The third-order valence-corrected chi connectivity index (χ3v) is 8.75. The van der Waals surface area contributed by atoms with E-state index in [0.29, 0.717) is 39.1 Å². The first-order valence-corrected chi connectivity index (χ1v) is 18.1. The Morgan fingerprint density at radius 2 is 0.714 bits per heavy atom. The molecule has 0 bridgehead atoms. The van der Waals surface area contributed by atoms with Gasteiger partial charge >= 0.3 is 17.9 Å². The van der Waals surface area contributed by atoms with Crippen molar-refractivity contribution >= 4 is 17.9 Å². The largest absolute Gasteiger partial charge is 0.465 e. The van der Waals surface area contributed by atoms with Gasteiger partial charge in [-0.25, -0.2) is 0 Å². The average molecular weight is 595 g/mol. The van der Waals surface area contributed by atoms with Gasteiger partial charge < -0.3 is 14.2 Å². The second-order valence-electron chi connectivity index (χ2n) is 12.5. The van der Waals surface area contributed by atoms with E-state index < -0.39 is 23.7 Å². The zero-order valence-electron chi connectivity index (χ0n) is 27.8. The molecule has 0 aromatic rings. The minimum Gasteiger partial charge on any atom is -0.465 e. The summed E-state index contributed by atoms with van der Waals surface area (Å²) in [6.07, 6.45) is 25.8. The van der Waals surface area contributed by atoms with Gasteiger partial charge in [0.15, 0.2) is 0 Å². The lowest BCUT2D eigenvalue weighted by Gasteiger charge is -2.34. The normalized spacial score (nSPS) is 18.5. The van der Waals surface area contributed by atoms with Crippen molar-refractivity contribution in [1.29, 1.82) is 0 Å². The quantitative estimate of drug-likeness (QED) is 0.0535. The van der Waals surface area contributed by atoms with Crippen molar-refractivity contribution in [3.63, 3.8) is 0 Å². The molecule has 0 radical (unpaired) electrons. The van der Waals surface area contributed by atoms with Crippen molar-refractivity contribution in [2.45, 2.75) is 175 Å². The molecule has 1 aliphatic rings. The van der Waals surface area contributed by atoms with E-state index in [9.17, 15) is 14.4 Å². The molecule has 0 aromatic heterocycles. The van der Waals surface area contributed by atoms with Crippen molar-refractivity contribution in [2.24, 2.45) is 17.8 Å². The summed E-state index contributed by atoms with van der Waals surface area (Å²) in [5.41, 5.74) is 0. The Balaban J connectivity index is 2.62. The highest BCUT2D eigenvalue weighted by Crippen LogP contribution is 2.38. The molecular formula is C36H66O6. The molecule has 2 atom stereocenters. The van der Waals surface area contributed by atoms with Crippen molar-refractivity contribution in [3.8, 4) is 0 Å². The first-order chi connectivity index (χ1) is 20.6. The van der Waals surface area contributed by atoms with Crippen LogP contribution in [-0.2, 0) is 28.6 Å². The van der Waals surface area contributed by atoms with Crippen LogP contribution in [0.1, 0.15) is 175 Å². The molecule has 0 heterocycles. The minimum atomic E-state index is -0.814. The maximum absolute atomic E-state index is 13.4. The van der Waals surface area contributed by atoms with Crippen molar-refractivity contribution in [3.05, 3.63) is 0 Å². The fourth-order valence-electron chi connectivity index (χ4n) is 6.06. The van der Waals surface area contributed by atoms with Gasteiger partial charge in [0.2, 0.25) is 0 Å². The van der Waals surface area contributed by atoms with Gasteiger partial charge in [0.25, 0.3) is 0 Å². The van der Waals surface area contributed by atoms with Gasteiger partial charge in [0.05, 0.1) is 37.6 Å². The van der Waals surface area contributed by atoms with E-state index in [0.717, 1.165) is 57.8 Å². The van der Waals surface area contributed by atoms with Crippen LogP contribution in [0.2, 0.25) is 0 Å². The van der Waals surface area contributed by atoms with Crippen LogP contribution in [0.5, 0.6) is 0 Å². The molecular weight excluding hydrogens is 528 g/mol. The van der Waals surface area contributed by atoms with Gasteiger partial charge in [-0.3, -0.25) is 14.4 Å². The summed E-state index contributed by atoms with van der Waals surface area (Å²) in [4.78, 5) is 39.7. The summed E-state index contributed by atoms with van der Waals surface area (Å²) in [6.45, 7) is 7.71. The fraction of sp³-hybridized carbons (Fsp3) is 0.917. The molecule has 1 fully saturated rings. The predicted octanol–water partition coefficient (Wildman–Crippen LogP) is 9.90. The lowest BCUT2D eigenvalue weighted by Crippen LogP contribution is -2.44. The monoisotopic (exact) mass is 594 g/mol. The van der Waals surface area contributed by atoms with Crippen molar-refractivity contribution in [1.82, 2.24) is 0 Å². The van der Waals surface area contributed by atoms with Crippen LogP contribution in [-0.4, -0.2) is 37.7 Å². The van der Waals surface area contributed by atoms with E-state index in [1.807, 2.05) is 0 Å². The highest BCUT2D eigenvalue weighted by Gasteiger charge is 2.47. The number of hydrogen-bond acceptors (Lipinski definition) is 6. The topological polar surface area (TPSA) is 78.9 Å². The number of carbonyl (C=O) groups is 3. The molecule has 6 heteroatoms. The Kier molecular flexibility index (Phi) is 24.7. The summed E-state index contributed by atoms with van der Waals surface area (Å²) < 4.78 is 17.0. The van der Waals surface area contributed by atoms with E-state index >= 15 is 0 Å². The van der Waals surface area contributed by atoms with Gasteiger partial charge in [-0.1, -0.05) is 143 Å². The molecule has 1 aliphatic carbocycles. The molecule has 0 aromatic carbocycles. The van der Waals surface area contributed by atoms with Crippen LogP contribution >= 0.6 is 0 Å². The third-order valence-electron chi connectivity index (χ3n) is 8.75. The number of carbonyl (C=O) groups excluding carboxylic acids is 3. The van der Waals surface area contributed by atoms with Crippen molar-refractivity contribution < 1.29 is 28.6 Å². The lowest BCUT2D eigenvalue weighted by molar-refractivity contribution is -0.172. The molecule has 0 spiro atoms. The van der Waals surface area contributed by atoms with Crippen LogP contribution in [0.4, 0.5) is 0 Å². The molecule has 42 heavy (non-hydrogen) atoms. The van der Waals surface area contributed by atoms with Crippen LogP contribution < -0.4 is 0 Å². The van der Waals surface area contributed by atoms with Gasteiger partial charge in [-0.05, 0) is 32.1 Å². The standard InChI is InChI=1S/C36H66O6/c1-4-7-10-13-16-19-22-28-40-34(37)31-26-25-27-32(35(38)41-29-23-20-17-14-11-8-5-2)33(31)36(39)42-30-24-21-18-15-12-9-6-3/h31-33H,4-30H2,1-3H3. The molecule has 2 unspecified atom stereocenters. The molecule has 246 valence electrons. The van der Waals surface area contributed by atoms with E-state index in [1.54, 1.807) is 0 Å². The zero-order valence-corrected chi connectivity index (χ0v) is 27.8. The molecule has 6 nitrogen and oxygen atoms in total. The fourth-order valence-corrected chi connectivity index (χ4v) is 6.06. The molecule has 0 amide bonds. The van der Waals surface area contributed by atoms with Crippen LogP contribution in [0.3, 0.4) is 0 Å². The smallest absolute Gasteiger partial charge is 0.310 e. The Labute approximate surface area is 258 Å². The number of unbranched alkanes of at least 4 members (excludes halogenated alkanes) is 18. The first kappa shape index (κ1) is 38.4. The predicted molar refractivity (Wildman–Crippen MR) is 171 cm³/mol. The maximum Gasteiger partial charge on any atom is 0.310 e. The van der Waals surface area contributed by atoms with E-state index in [1.165, 1.54) is 77.0 Å². The van der Waals surface area contributed by atoms with Crippen LogP contribution in [0, 0.1) is 17.8 Å². The summed E-state index contributed by atoms with van der Waals surface area (Å²) in [6, 6.07) is 0. The number of esters is 3. The Morgan fingerprint density at radius 1 is 0.429 bits per heavy atom. The van der Waals surface area contributed by atoms with Crippen molar-refractivity contribution in [2.75, 3.05) is 19.8 Å². The molecule has 1 rings (SSSR count). The molecule has 0 aliphatic heterocycles. The van der Waals surface area contributed by atoms with Gasteiger partial charge in [-0.15, -0.1) is 0 Å². The zero-order chi connectivity index (χ0) is 30.7. The Morgan fingerprint density at radius 3 is 1.05 bits per heavy atom. The van der Waals surface area contributed by atoms with Gasteiger partial charge in [0.1, 0.15) is 0 Å². The number of hydrogen-bond donors (Lipinski definition) is 0. The maximum atomic E-state index is 13.4. The van der Waals surface area contributed by atoms with Gasteiger partial charge in [-0.2, -0.15) is 0 Å². The highest BCUT2D eigenvalue weighted by atomic mass is 16.5. The highest BCUT2D eigenvalue weighted by molar-refractivity contribution is 5.87. The molecule has 0 N–H and O–H groups in total. The van der Waals surface area contributed by atoms with Crippen LogP contribution in [0.25, 0.3) is 0 Å². The second kappa shape index (κ2) is 27.0. The number of ether oxygens (including phenoxy) is 3. The minimum absolute atomic E-state index is 0.336.